The third-order valence-corrected chi connectivity index (χ3v) is 4.35. The van der Waals surface area contributed by atoms with Crippen molar-refractivity contribution in [2.75, 3.05) is 13.7 Å². The van der Waals surface area contributed by atoms with Crippen LogP contribution < -0.4 is 0 Å². The van der Waals surface area contributed by atoms with Crippen LogP contribution in [-0.2, 0) is 22.6 Å². The number of carbonyl (C=O) groups is 1. The van der Waals surface area contributed by atoms with Gasteiger partial charge in [0.1, 0.15) is 18.1 Å². The minimum absolute atomic E-state index is 0.00138. The molecule has 7 nitrogen and oxygen atoms in total. The SMILES string of the molecule is COCc1ccc(C2CCCN2C(=O)Cc2cccc([N+](=O)[O-])c2)o1. The van der Waals surface area contributed by atoms with Gasteiger partial charge in [0.05, 0.1) is 17.4 Å². The summed E-state index contributed by atoms with van der Waals surface area (Å²) in [6, 6.07) is 9.88. The summed E-state index contributed by atoms with van der Waals surface area (Å²) in [5.41, 5.74) is 0.642. The number of benzene rings is 1. The van der Waals surface area contributed by atoms with E-state index in [2.05, 4.69) is 0 Å². The molecule has 1 aromatic carbocycles. The minimum Gasteiger partial charge on any atom is -0.461 e. The number of hydrogen-bond acceptors (Lipinski definition) is 5. The smallest absolute Gasteiger partial charge is 0.269 e. The van der Waals surface area contributed by atoms with Crippen molar-refractivity contribution in [1.29, 1.82) is 0 Å². The molecule has 1 fully saturated rings. The van der Waals surface area contributed by atoms with Gasteiger partial charge in [-0.25, -0.2) is 0 Å². The maximum Gasteiger partial charge on any atom is 0.269 e. The molecular formula is C18H20N2O5. The molecule has 25 heavy (non-hydrogen) atoms. The van der Waals surface area contributed by atoms with E-state index in [1.807, 2.05) is 12.1 Å². The van der Waals surface area contributed by atoms with Crippen LogP contribution in [0.15, 0.2) is 40.8 Å². The van der Waals surface area contributed by atoms with Crippen LogP contribution in [0.5, 0.6) is 0 Å². The van der Waals surface area contributed by atoms with Crippen LogP contribution in [-0.4, -0.2) is 29.4 Å². The van der Waals surface area contributed by atoms with Crippen LogP contribution in [0.25, 0.3) is 0 Å². The Kier molecular flexibility index (Phi) is 5.14. The summed E-state index contributed by atoms with van der Waals surface area (Å²) in [6.45, 7) is 1.06. The second kappa shape index (κ2) is 7.48. The Hall–Kier alpha value is -2.67. The largest absolute Gasteiger partial charge is 0.461 e. The normalized spacial score (nSPS) is 17.0. The molecule has 0 spiro atoms. The van der Waals surface area contributed by atoms with Gasteiger partial charge in [-0.3, -0.25) is 14.9 Å². The van der Waals surface area contributed by atoms with Crippen molar-refractivity contribution >= 4 is 11.6 Å². The maximum atomic E-state index is 12.7. The fraction of sp³-hybridized carbons (Fsp3) is 0.389. The first-order chi connectivity index (χ1) is 12.1. The third kappa shape index (κ3) is 3.88. The van der Waals surface area contributed by atoms with Crippen molar-refractivity contribution in [2.45, 2.75) is 31.9 Å². The van der Waals surface area contributed by atoms with Crippen molar-refractivity contribution in [3.8, 4) is 0 Å². The van der Waals surface area contributed by atoms with E-state index >= 15 is 0 Å². The van der Waals surface area contributed by atoms with E-state index in [-0.39, 0.29) is 24.1 Å². The van der Waals surface area contributed by atoms with Crippen LogP contribution in [0, 0.1) is 10.1 Å². The van der Waals surface area contributed by atoms with E-state index in [1.54, 1.807) is 24.1 Å². The number of hydrogen-bond donors (Lipinski definition) is 0. The number of rotatable bonds is 6. The Labute approximate surface area is 145 Å². The van der Waals surface area contributed by atoms with Crippen molar-refractivity contribution in [3.63, 3.8) is 0 Å². The zero-order valence-corrected chi connectivity index (χ0v) is 14.0. The number of likely N-dealkylation sites (tertiary alicyclic amines) is 1. The van der Waals surface area contributed by atoms with Gasteiger partial charge in [0.2, 0.25) is 5.91 Å². The van der Waals surface area contributed by atoms with Crippen LogP contribution in [0.3, 0.4) is 0 Å². The number of amides is 1. The van der Waals surface area contributed by atoms with Crippen LogP contribution in [0.4, 0.5) is 5.69 Å². The zero-order chi connectivity index (χ0) is 17.8. The van der Waals surface area contributed by atoms with Gasteiger partial charge < -0.3 is 14.1 Å². The van der Waals surface area contributed by atoms with E-state index in [1.165, 1.54) is 12.1 Å². The molecule has 0 bridgehead atoms. The Morgan fingerprint density at radius 2 is 2.24 bits per heavy atom. The summed E-state index contributed by atoms with van der Waals surface area (Å²) >= 11 is 0. The highest BCUT2D eigenvalue weighted by Crippen LogP contribution is 2.33. The standard InChI is InChI=1S/C18H20N2O5/c1-24-12-15-7-8-17(25-15)16-6-3-9-19(16)18(21)11-13-4-2-5-14(10-13)20(22)23/h2,4-5,7-8,10,16H,3,6,9,11-12H2,1H3. The number of non-ortho nitro benzene ring substituents is 1. The number of furan rings is 1. The van der Waals surface area contributed by atoms with E-state index in [4.69, 9.17) is 9.15 Å². The van der Waals surface area contributed by atoms with Crippen LogP contribution in [0.1, 0.15) is 36.0 Å². The number of nitrogens with zero attached hydrogens (tertiary/aromatic N) is 2. The first kappa shape index (κ1) is 17.2. The summed E-state index contributed by atoms with van der Waals surface area (Å²) in [6.07, 6.45) is 1.90. The molecule has 1 aliphatic rings. The van der Waals surface area contributed by atoms with Crippen molar-refractivity contribution < 1.29 is 18.9 Å². The summed E-state index contributed by atoms with van der Waals surface area (Å²) < 4.78 is 10.8. The summed E-state index contributed by atoms with van der Waals surface area (Å²) in [7, 11) is 1.60. The lowest BCUT2D eigenvalue weighted by Gasteiger charge is -2.23. The number of methoxy groups -OCH3 is 1. The van der Waals surface area contributed by atoms with E-state index in [0.717, 1.165) is 24.4 Å². The molecule has 1 saturated heterocycles. The fourth-order valence-corrected chi connectivity index (χ4v) is 3.21. The first-order valence-corrected chi connectivity index (χ1v) is 8.19. The molecule has 1 aliphatic heterocycles. The van der Waals surface area contributed by atoms with E-state index in [9.17, 15) is 14.9 Å². The average Bonchev–Trinajstić information content (AvgIpc) is 3.24. The number of nitro groups is 1. The van der Waals surface area contributed by atoms with Gasteiger partial charge in [0.25, 0.3) is 5.69 Å². The summed E-state index contributed by atoms with van der Waals surface area (Å²) in [5.74, 6) is 1.44. The molecule has 132 valence electrons. The van der Waals surface area contributed by atoms with Gasteiger partial charge in [0.15, 0.2) is 0 Å². The van der Waals surface area contributed by atoms with Crippen LogP contribution in [0.2, 0.25) is 0 Å². The molecule has 7 heteroatoms. The van der Waals surface area contributed by atoms with Gasteiger partial charge in [0, 0.05) is 25.8 Å². The molecule has 0 saturated carbocycles. The lowest BCUT2D eigenvalue weighted by atomic mass is 10.1. The number of ether oxygens (including phenoxy) is 1. The zero-order valence-electron chi connectivity index (χ0n) is 14.0. The molecule has 1 atom stereocenters. The second-order valence-electron chi connectivity index (χ2n) is 6.09. The predicted octanol–water partition coefficient (Wildman–Crippen LogP) is 3.24. The topological polar surface area (TPSA) is 85.8 Å². The highest BCUT2D eigenvalue weighted by molar-refractivity contribution is 5.79. The molecular weight excluding hydrogens is 324 g/mol. The quantitative estimate of drug-likeness (QED) is 0.593. The van der Waals surface area contributed by atoms with Gasteiger partial charge >= 0.3 is 0 Å². The summed E-state index contributed by atoms with van der Waals surface area (Å²) in [4.78, 5) is 24.9. The maximum absolute atomic E-state index is 12.7. The monoisotopic (exact) mass is 344 g/mol. The lowest BCUT2D eigenvalue weighted by molar-refractivity contribution is -0.384. The van der Waals surface area contributed by atoms with Crippen molar-refractivity contribution in [3.05, 3.63) is 63.6 Å². The minimum atomic E-state index is -0.452. The van der Waals surface area contributed by atoms with Gasteiger partial charge in [-0.15, -0.1) is 0 Å². The van der Waals surface area contributed by atoms with Crippen molar-refractivity contribution in [1.82, 2.24) is 4.90 Å². The Bertz CT molecular complexity index is 770. The molecule has 1 amide bonds. The van der Waals surface area contributed by atoms with Gasteiger partial charge in [-0.05, 0) is 30.5 Å². The number of carbonyl (C=O) groups excluding carboxylic acids is 1. The van der Waals surface area contributed by atoms with Crippen molar-refractivity contribution in [2.24, 2.45) is 0 Å². The Morgan fingerprint density at radius 3 is 3.00 bits per heavy atom. The Balaban J connectivity index is 1.72. The van der Waals surface area contributed by atoms with E-state index in [0.29, 0.717) is 18.7 Å². The van der Waals surface area contributed by atoms with Gasteiger partial charge in [-0.1, -0.05) is 12.1 Å². The highest BCUT2D eigenvalue weighted by atomic mass is 16.6. The summed E-state index contributed by atoms with van der Waals surface area (Å²) in [5, 5.41) is 10.9. The molecule has 1 unspecified atom stereocenters. The molecule has 0 radical (unpaired) electrons. The predicted molar refractivity (Wildman–Crippen MR) is 89.9 cm³/mol. The molecule has 2 heterocycles. The van der Waals surface area contributed by atoms with Crippen LogP contribution >= 0.6 is 0 Å². The highest BCUT2D eigenvalue weighted by Gasteiger charge is 2.32. The second-order valence-corrected chi connectivity index (χ2v) is 6.09. The lowest BCUT2D eigenvalue weighted by Crippen LogP contribution is -2.31. The average molecular weight is 344 g/mol. The molecule has 3 rings (SSSR count). The Morgan fingerprint density at radius 1 is 1.40 bits per heavy atom. The first-order valence-electron chi connectivity index (χ1n) is 8.19. The van der Waals surface area contributed by atoms with Gasteiger partial charge in [-0.2, -0.15) is 0 Å². The molecule has 0 N–H and O–H groups in total. The third-order valence-electron chi connectivity index (χ3n) is 4.35. The fourth-order valence-electron chi connectivity index (χ4n) is 3.21. The van der Waals surface area contributed by atoms with E-state index < -0.39 is 4.92 Å². The number of nitro benzene ring substituents is 1. The molecule has 0 aliphatic carbocycles. The molecule has 2 aromatic rings. The molecule has 1 aromatic heterocycles.